The Hall–Kier alpha value is -1.17. The normalized spacial score (nSPS) is 43.0. The van der Waals surface area contributed by atoms with Crippen LogP contribution in [-0.4, -0.2) is 58.0 Å². The van der Waals surface area contributed by atoms with Crippen LogP contribution in [0.25, 0.3) is 0 Å². The molecule has 5 nitrogen and oxygen atoms in total. The van der Waals surface area contributed by atoms with Gasteiger partial charge in [-0.1, -0.05) is 6.08 Å². The zero-order valence-corrected chi connectivity index (χ0v) is 12.0. The molecule has 0 amide bonds. The Kier molecular flexibility index (Phi) is 2.83. The lowest BCUT2D eigenvalue weighted by molar-refractivity contribution is -0.148. The molecule has 4 aliphatic rings. The van der Waals surface area contributed by atoms with Crippen LogP contribution in [0, 0.1) is 0 Å². The van der Waals surface area contributed by atoms with Crippen LogP contribution in [0.5, 0.6) is 0 Å². The first-order valence-electron chi connectivity index (χ1n) is 7.79. The lowest BCUT2D eigenvalue weighted by Gasteiger charge is -2.48. The largest absolute Gasteiger partial charge is 0.459 e. The maximum absolute atomic E-state index is 11.8. The highest BCUT2D eigenvalue weighted by Gasteiger charge is 2.58. The van der Waals surface area contributed by atoms with E-state index >= 15 is 0 Å². The van der Waals surface area contributed by atoms with Crippen molar-refractivity contribution in [2.75, 3.05) is 19.7 Å². The van der Waals surface area contributed by atoms with Gasteiger partial charge in [-0.2, -0.15) is 0 Å². The molecule has 0 unspecified atom stereocenters. The molecule has 0 saturated carbocycles. The number of rotatable bonds is 0. The van der Waals surface area contributed by atoms with Crippen molar-refractivity contribution in [3.05, 3.63) is 23.3 Å². The van der Waals surface area contributed by atoms with Crippen molar-refractivity contribution in [3.63, 3.8) is 0 Å². The number of ether oxygens (including phenoxy) is 1. The summed E-state index contributed by atoms with van der Waals surface area (Å²) in [6.45, 7) is 1.86. The third-order valence-corrected chi connectivity index (χ3v) is 5.57. The summed E-state index contributed by atoms with van der Waals surface area (Å²) in [5.74, 6) is -0.378. The van der Waals surface area contributed by atoms with Crippen molar-refractivity contribution in [1.29, 1.82) is 0 Å². The number of hydrogen-bond acceptors (Lipinski definition) is 5. The van der Waals surface area contributed by atoms with Gasteiger partial charge in [0.05, 0.1) is 11.6 Å². The molecule has 0 aromatic carbocycles. The highest BCUT2D eigenvalue weighted by Crippen LogP contribution is 2.53. The molecule has 114 valence electrons. The van der Waals surface area contributed by atoms with Crippen LogP contribution in [0.15, 0.2) is 23.3 Å². The van der Waals surface area contributed by atoms with Crippen LogP contribution in [0.2, 0.25) is 0 Å². The van der Waals surface area contributed by atoms with E-state index in [1.807, 2.05) is 0 Å². The zero-order valence-electron chi connectivity index (χ0n) is 12.0. The van der Waals surface area contributed by atoms with Gasteiger partial charge in [0.1, 0.15) is 12.2 Å². The molecular formula is C16H21NO4. The number of carbonyl (C=O) groups is 1. The third-order valence-electron chi connectivity index (χ3n) is 5.57. The molecule has 21 heavy (non-hydrogen) atoms. The highest BCUT2D eigenvalue weighted by molar-refractivity contribution is 5.85. The molecule has 2 fully saturated rings. The Balaban J connectivity index is 1.92. The Morgan fingerprint density at radius 1 is 1.38 bits per heavy atom. The van der Waals surface area contributed by atoms with Crippen molar-refractivity contribution < 1.29 is 19.7 Å². The van der Waals surface area contributed by atoms with Gasteiger partial charge in [-0.3, -0.25) is 4.90 Å². The van der Waals surface area contributed by atoms with Crippen molar-refractivity contribution >= 4 is 5.97 Å². The summed E-state index contributed by atoms with van der Waals surface area (Å²) in [4.78, 5) is 14.2. The first kappa shape index (κ1) is 13.5. The van der Waals surface area contributed by atoms with E-state index in [1.54, 1.807) is 0 Å². The minimum absolute atomic E-state index is 0.0383. The van der Waals surface area contributed by atoms with Gasteiger partial charge < -0.3 is 14.9 Å². The first-order chi connectivity index (χ1) is 10.0. The van der Waals surface area contributed by atoms with E-state index in [4.69, 9.17) is 4.74 Å². The molecule has 0 aromatic rings. The Morgan fingerprint density at radius 2 is 2.24 bits per heavy atom. The van der Waals surface area contributed by atoms with E-state index in [-0.39, 0.29) is 12.6 Å². The minimum atomic E-state index is -1.08. The average Bonchev–Trinajstić information content (AvgIpc) is 2.75. The van der Waals surface area contributed by atoms with E-state index in [0.717, 1.165) is 31.5 Å². The zero-order chi connectivity index (χ0) is 14.7. The third kappa shape index (κ3) is 1.77. The quantitative estimate of drug-likeness (QED) is 0.503. The number of aliphatic hydroxyl groups is 2. The number of esters is 1. The molecule has 3 atom stereocenters. The SMILES string of the molecule is O=C1C=C2[C@](O)(CCCN3CCC4=CC[C@H](O)C[C@]423)CO1. The van der Waals surface area contributed by atoms with Gasteiger partial charge in [0.15, 0.2) is 0 Å². The molecule has 3 heterocycles. The number of aliphatic hydroxyl groups excluding tert-OH is 1. The van der Waals surface area contributed by atoms with Gasteiger partial charge in [0.25, 0.3) is 0 Å². The van der Waals surface area contributed by atoms with Crippen LogP contribution < -0.4 is 0 Å². The molecular weight excluding hydrogens is 270 g/mol. The summed E-state index contributed by atoms with van der Waals surface area (Å²) in [6, 6.07) is 0. The number of hydrogen-bond donors (Lipinski definition) is 2. The van der Waals surface area contributed by atoms with Gasteiger partial charge in [-0.05, 0) is 49.8 Å². The second kappa shape index (κ2) is 4.41. The molecule has 2 N–H and O–H groups in total. The summed E-state index contributed by atoms with van der Waals surface area (Å²) < 4.78 is 5.09. The van der Waals surface area contributed by atoms with Crippen LogP contribution >= 0.6 is 0 Å². The second-order valence-electron chi connectivity index (χ2n) is 6.72. The molecule has 0 bridgehead atoms. The lowest BCUT2D eigenvalue weighted by atomic mass is 9.68. The fourth-order valence-electron chi connectivity index (χ4n) is 4.68. The van der Waals surface area contributed by atoms with E-state index < -0.39 is 17.2 Å². The molecule has 5 heteroatoms. The number of carbonyl (C=O) groups excluding carboxylic acids is 1. The van der Waals surface area contributed by atoms with E-state index in [2.05, 4.69) is 11.0 Å². The van der Waals surface area contributed by atoms with Crippen molar-refractivity contribution in [2.24, 2.45) is 0 Å². The van der Waals surface area contributed by atoms with Crippen LogP contribution in [0.4, 0.5) is 0 Å². The molecule has 0 aromatic heterocycles. The van der Waals surface area contributed by atoms with Gasteiger partial charge in [-0.15, -0.1) is 0 Å². The van der Waals surface area contributed by atoms with Crippen molar-refractivity contribution in [2.45, 2.75) is 49.3 Å². The monoisotopic (exact) mass is 291 g/mol. The second-order valence-corrected chi connectivity index (χ2v) is 6.72. The number of fused-ring (bicyclic) bond motifs is 1. The Morgan fingerprint density at radius 3 is 3.10 bits per heavy atom. The molecule has 4 rings (SSSR count). The van der Waals surface area contributed by atoms with Gasteiger partial charge in [0, 0.05) is 12.6 Å². The first-order valence-corrected chi connectivity index (χ1v) is 7.79. The summed E-state index contributed by atoms with van der Waals surface area (Å²) in [7, 11) is 0. The fourth-order valence-corrected chi connectivity index (χ4v) is 4.68. The molecule has 0 radical (unpaired) electrons. The van der Waals surface area contributed by atoms with E-state index in [1.165, 1.54) is 11.6 Å². The van der Waals surface area contributed by atoms with Crippen LogP contribution in [0.1, 0.15) is 32.1 Å². The summed E-state index contributed by atoms with van der Waals surface area (Å²) in [6.07, 6.45) is 6.84. The molecule has 3 aliphatic heterocycles. The minimum Gasteiger partial charge on any atom is -0.459 e. The molecule has 2 saturated heterocycles. The number of cyclic esters (lactones) is 1. The molecule has 1 aliphatic carbocycles. The summed E-state index contributed by atoms with van der Waals surface area (Å²) in [5, 5.41) is 21.3. The highest BCUT2D eigenvalue weighted by atomic mass is 16.5. The predicted octanol–water partition coefficient (Wildman–Crippen LogP) is 0.520. The lowest BCUT2D eigenvalue weighted by Crippen LogP contribution is -2.56. The van der Waals surface area contributed by atoms with Crippen molar-refractivity contribution in [1.82, 2.24) is 4.90 Å². The fraction of sp³-hybridized carbons (Fsp3) is 0.688. The van der Waals surface area contributed by atoms with Gasteiger partial charge in [0.2, 0.25) is 0 Å². The average molecular weight is 291 g/mol. The Bertz CT molecular complexity index is 554. The Labute approximate surface area is 123 Å². The topological polar surface area (TPSA) is 70.0 Å². The smallest absolute Gasteiger partial charge is 0.331 e. The van der Waals surface area contributed by atoms with E-state index in [9.17, 15) is 15.0 Å². The van der Waals surface area contributed by atoms with E-state index in [0.29, 0.717) is 19.3 Å². The molecule has 1 spiro atoms. The van der Waals surface area contributed by atoms with Crippen LogP contribution in [-0.2, 0) is 9.53 Å². The maximum Gasteiger partial charge on any atom is 0.331 e. The predicted molar refractivity (Wildman–Crippen MR) is 75.5 cm³/mol. The standard InChI is InChI=1S/C16H21NO4/c18-12-3-2-11-4-7-17-6-1-5-15(20)10-21-14(19)8-13(15)16(11,17)9-12/h2,8,12,18,20H,1,3-7,9-10H2/t12-,15-,16-/m0/s1. The van der Waals surface area contributed by atoms with Gasteiger partial charge in [-0.25, -0.2) is 4.79 Å². The van der Waals surface area contributed by atoms with Crippen LogP contribution in [0.3, 0.4) is 0 Å². The summed E-state index contributed by atoms with van der Waals surface area (Å²) >= 11 is 0. The number of nitrogens with zero attached hydrogens (tertiary/aromatic N) is 1. The van der Waals surface area contributed by atoms with Gasteiger partial charge >= 0.3 is 5.97 Å². The summed E-state index contributed by atoms with van der Waals surface area (Å²) in [5.41, 5.74) is 0.464. The van der Waals surface area contributed by atoms with Crippen molar-refractivity contribution in [3.8, 4) is 0 Å². The maximum atomic E-state index is 11.8.